The zero-order chi connectivity index (χ0) is 17.3. The van der Waals surface area contributed by atoms with Crippen LogP contribution in [-0.4, -0.2) is 35.5 Å². The van der Waals surface area contributed by atoms with E-state index >= 15 is 0 Å². The van der Waals surface area contributed by atoms with Gasteiger partial charge in [-0.3, -0.25) is 0 Å². The second kappa shape index (κ2) is 6.73. The first kappa shape index (κ1) is 16.6. The summed E-state index contributed by atoms with van der Waals surface area (Å²) >= 11 is 0. The van der Waals surface area contributed by atoms with Crippen LogP contribution >= 0.6 is 0 Å². The molecule has 24 heavy (non-hydrogen) atoms. The van der Waals surface area contributed by atoms with E-state index in [1.807, 2.05) is 29.8 Å². The van der Waals surface area contributed by atoms with Crippen LogP contribution in [0.5, 0.6) is 0 Å². The summed E-state index contributed by atoms with van der Waals surface area (Å²) in [6, 6.07) is 8.16. The number of aliphatic hydroxyl groups is 1. The topological polar surface area (TPSA) is 68.8 Å². The largest absolute Gasteiger partial charge is 0.391 e. The van der Waals surface area contributed by atoms with Crippen LogP contribution in [0.4, 0.5) is 0 Å². The van der Waals surface area contributed by atoms with Crippen LogP contribution in [0.1, 0.15) is 51.1 Å². The molecule has 128 valence electrons. The number of aryl methyl sites for hydroxylation is 1. The maximum atomic E-state index is 9.75. The highest BCUT2D eigenvalue weighted by atomic mass is 16.3. The fraction of sp³-hybridized carbons (Fsp3) is 0.500. The molecule has 1 N–H and O–H groups in total. The molecule has 0 fully saturated rings. The normalized spacial score (nSPS) is 13.1. The second-order valence-electron chi connectivity index (χ2n) is 6.53. The van der Waals surface area contributed by atoms with Crippen molar-refractivity contribution in [3.8, 4) is 0 Å². The highest BCUT2D eigenvalue weighted by molar-refractivity contribution is 5.76. The summed E-state index contributed by atoms with van der Waals surface area (Å²) in [5.41, 5.74) is 2.10. The Morgan fingerprint density at radius 1 is 1.12 bits per heavy atom. The van der Waals surface area contributed by atoms with Gasteiger partial charge in [-0.1, -0.05) is 32.9 Å². The minimum Gasteiger partial charge on any atom is -0.391 e. The van der Waals surface area contributed by atoms with Crippen LogP contribution in [0.15, 0.2) is 24.3 Å². The third-order valence-electron chi connectivity index (χ3n) is 4.05. The van der Waals surface area contributed by atoms with E-state index in [4.69, 9.17) is 4.98 Å². The van der Waals surface area contributed by atoms with Crippen molar-refractivity contribution in [2.45, 2.75) is 59.2 Å². The zero-order valence-electron chi connectivity index (χ0n) is 14.8. The Bertz CT molecular complexity index is 831. The standard InChI is InChI=1S/C18H25N5O/c1-5-16-20-17(23(21-16)10-13(4)24)11-22-15-9-7-6-8-14(15)19-18(22)12(2)3/h6-9,12-13,24H,5,10-11H2,1-4H3. The van der Waals surface area contributed by atoms with Gasteiger partial charge < -0.3 is 9.67 Å². The second-order valence-corrected chi connectivity index (χ2v) is 6.53. The van der Waals surface area contributed by atoms with E-state index in [9.17, 15) is 5.11 Å². The molecule has 0 spiro atoms. The van der Waals surface area contributed by atoms with Crippen LogP contribution in [0.3, 0.4) is 0 Å². The molecule has 6 nitrogen and oxygen atoms in total. The van der Waals surface area contributed by atoms with Crippen LogP contribution < -0.4 is 0 Å². The monoisotopic (exact) mass is 327 g/mol. The van der Waals surface area contributed by atoms with Gasteiger partial charge >= 0.3 is 0 Å². The number of hydrogen-bond acceptors (Lipinski definition) is 4. The van der Waals surface area contributed by atoms with Crippen molar-refractivity contribution >= 4 is 11.0 Å². The smallest absolute Gasteiger partial charge is 0.150 e. The maximum Gasteiger partial charge on any atom is 0.150 e. The van der Waals surface area contributed by atoms with Crippen molar-refractivity contribution in [3.63, 3.8) is 0 Å². The lowest BCUT2D eigenvalue weighted by atomic mass is 10.2. The van der Waals surface area contributed by atoms with Gasteiger partial charge in [0.2, 0.25) is 0 Å². The highest BCUT2D eigenvalue weighted by Crippen LogP contribution is 2.22. The number of para-hydroxylation sites is 2. The molecular weight excluding hydrogens is 302 g/mol. The molecule has 0 aliphatic carbocycles. The number of rotatable bonds is 6. The van der Waals surface area contributed by atoms with Gasteiger partial charge in [0.05, 0.1) is 30.2 Å². The average Bonchev–Trinajstić information content (AvgIpc) is 3.09. The Hall–Kier alpha value is -2.21. The first-order chi connectivity index (χ1) is 11.5. The third kappa shape index (κ3) is 3.19. The molecule has 2 heterocycles. The Labute approximate surface area is 142 Å². The van der Waals surface area contributed by atoms with Gasteiger partial charge in [-0.05, 0) is 19.1 Å². The van der Waals surface area contributed by atoms with Crippen LogP contribution in [-0.2, 0) is 19.5 Å². The molecule has 0 saturated heterocycles. The van der Waals surface area contributed by atoms with Crippen molar-refractivity contribution in [1.82, 2.24) is 24.3 Å². The van der Waals surface area contributed by atoms with E-state index < -0.39 is 6.10 Å². The van der Waals surface area contributed by atoms with Crippen molar-refractivity contribution in [2.24, 2.45) is 0 Å². The summed E-state index contributed by atoms with van der Waals surface area (Å²) in [6.45, 7) is 9.16. The fourth-order valence-electron chi connectivity index (χ4n) is 2.93. The molecule has 0 radical (unpaired) electrons. The SMILES string of the molecule is CCc1nc(Cn2c(C(C)C)nc3ccccc32)n(CC(C)O)n1. The average molecular weight is 327 g/mol. The van der Waals surface area contributed by atoms with E-state index in [2.05, 4.69) is 34.6 Å². The maximum absolute atomic E-state index is 9.75. The molecular formula is C18H25N5O. The van der Waals surface area contributed by atoms with E-state index in [-0.39, 0.29) is 0 Å². The predicted octanol–water partition coefficient (Wildman–Crippen LogP) is 2.74. The van der Waals surface area contributed by atoms with Gasteiger partial charge in [0.25, 0.3) is 0 Å². The Morgan fingerprint density at radius 2 is 1.88 bits per heavy atom. The first-order valence-electron chi connectivity index (χ1n) is 8.55. The molecule has 0 bridgehead atoms. The van der Waals surface area contributed by atoms with Crippen LogP contribution in [0.2, 0.25) is 0 Å². The zero-order valence-corrected chi connectivity index (χ0v) is 14.8. The summed E-state index contributed by atoms with van der Waals surface area (Å²) in [6.07, 6.45) is 0.320. The molecule has 3 rings (SSSR count). The number of fused-ring (bicyclic) bond motifs is 1. The summed E-state index contributed by atoms with van der Waals surface area (Å²) in [7, 11) is 0. The molecule has 3 aromatic rings. The Balaban J connectivity index is 2.06. The lowest BCUT2D eigenvalue weighted by molar-refractivity contribution is 0.166. The van der Waals surface area contributed by atoms with Crippen molar-refractivity contribution in [2.75, 3.05) is 0 Å². The lowest BCUT2D eigenvalue weighted by Gasteiger charge is -2.13. The minimum atomic E-state index is -0.459. The van der Waals surface area contributed by atoms with E-state index in [0.717, 1.165) is 34.9 Å². The number of aliphatic hydroxyl groups excluding tert-OH is 1. The molecule has 1 atom stereocenters. The van der Waals surface area contributed by atoms with Gasteiger partial charge in [0.15, 0.2) is 5.82 Å². The Kier molecular flexibility index (Phi) is 4.66. The number of benzene rings is 1. The summed E-state index contributed by atoms with van der Waals surface area (Å²) in [5, 5.41) is 14.3. The van der Waals surface area contributed by atoms with E-state index in [1.54, 1.807) is 6.92 Å². The molecule has 1 aromatic carbocycles. The molecule has 1 unspecified atom stereocenters. The molecule has 6 heteroatoms. The van der Waals surface area contributed by atoms with Gasteiger partial charge in [-0.2, -0.15) is 5.10 Å². The lowest BCUT2D eigenvalue weighted by Crippen LogP contribution is -2.18. The first-order valence-corrected chi connectivity index (χ1v) is 8.55. The molecule has 0 saturated carbocycles. The van der Waals surface area contributed by atoms with Crippen molar-refractivity contribution in [1.29, 1.82) is 0 Å². The van der Waals surface area contributed by atoms with Crippen LogP contribution in [0.25, 0.3) is 11.0 Å². The van der Waals surface area contributed by atoms with E-state index in [1.165, 1.54) is 0 Å². The highest BCUT2D eigenvalue weighted by Gasteiger charge is 2.17. The quantitative estimate of drug-likeness (QED) is 0.756. The van der Waals surface area contributed by atoms with Gasteiger partial charge in [-0.25, -0.2) is 14.6 Å². The molecule has 0 aliphatic rings. The number of aromatic nitrogens is 5. The molecule has 0 amide bonds. The number of hydrogen-bond donors (Lipinski definition) is 1. The van der Waals surface area contributed by atoms with Gasteiger partial charge in [0, 0.05) is 12.3 Å². The number of nitrogens with zero attached hydrogens (tertiary/aromatic N) is 5. The van der Waals surface area contributed by atoms with Crippen molar-refractivity contribution in [3.05, 3.63) is 41.7 Å². The Morgan fingerprint density at radius 3 is 2.54 bits per heavy atom. The number of imidazole rings is 1. The van der Waals surface area contributed by atoms with Crippen LogP contribution in [0, 0.1) is 0 Å². The van der Waals surface area contributed by atoms with Crippen molar-refractivity contribution < 1.29 is 5.11 Å². The summed E-state index contributed by atoms with van der Waals surface area (Å²) < 4.78 is 4.03. The minimum absolute atomic E-state index is 0.316. The summed E-state index contributed by atoms with van der Waals surface area (Å²) in [5.74, 6) is 3.02. The third-order valence-corrected chi connectivity index (χ3v) is 4.05. The fourth-order valence-corrected chi connectivity index (χ4v) is 2.93. The van der Waals surface area contributed by atoms with Gasteiger partial charge in [-0.15, -0.1) is 0 Å². The molecule has 0 aliphatic heterocycles. The summed E-state index contributed by atoms with van der Waals surface area (Å²) in [4.78, 5) is 9.44. The molecule has 2 aromatic heterocycles. The van der Waals surface area contributed by atoms with Gasteiger partial charge in [0.1, 0.15) is 11.6 Å². The van der Waals surface area contributed by atoms with E-state index in [0.29, 0.717) is 19.0 Å². The predicted molar refractivity (Wildman–Crippen MR) is 94.0 cm³/mol.